The minimum Gasteiger partial charge on any atom is -0.355 e. The first-order valence-electron chi connectivity index (χ1n) is 4.88. The van der Waals surface area contributed by atoms with Gasteiger partial charge in [-0.05, 0) is 25.0 Å². The van der Waals surface area contributed by atoms with Crippen LogP contribution in [0.3, 0.4) is 0 Å². The van der Waals surface area contributed by atoms with Gasteiger partial charge in [0.15, 0.2) is 0 Å². The molecule has 0 N–H and O–H groups in total. The van der Waals surface area contributed by atoms with E-state index in [0.29, 0.717) is 5.92 Å². The summed E-state index contributed by atoms with van der Waals surface area (Å²) >= 11 is 0. The number of fused-ring (bicyclic) bond motifs is 1. The fourth-order valence-electron chi connectivity index (χ4n) is 2.53. The summed E-state index contributed by atoms with van der Waals surface area (Å²) in [5.41, 5.74) is 5.98. The first-order chi connectivity index (χ1) is 6.04. The molecule has 1 saturated heterocycles. The number of allylic oxidation sites excluding steroid dienone is 2. The molecule has 0 radical (unpaired) electrons. The fourth-order valence-corrected chi connectivity index (χ4v) is 2.53. The average Bonchev–Trinajstić information content (AvgIpc) is 2.47. The van der Waals surface area contributed by atoms with Gasteiger partial charge in [-0.15, -0.1) is 0 Å². The molecule has 13 heavy (non-hydrogen) atoms. The molecule has 0 amide bonds. The number of hydrogen-bond acceptors (Lipinski definition) is 2. The zero-order chi connectivity index (χ0) is 9.75. The van der Waals surface area contributed by atoms with E-state index in [1.54, 1.807) is 0 Å². The molecule has 2 nitrogen and oxygen atoms in total. The third kappa shape index (κ3) is 0.946. The number of hydrogen-bond donors (Lipinski definition) is 0. The average molecular weight is 178 g/mol. The summed E-state index contributed by atoms with van der Waals surface area (Å²) in [7, 11) is 4.35. The van der Waals surface area contributed by atoms with Crippen molar-refractivity contribution < 1.29 is 0 Å². The van der Waals surface area contributed by atoms with Crippen LogP contribution in [0.4, 0.5) is 0 Å². The highest BCUT2D eigenvalue weighted by Gasteiger charge is 2.34. The van der Waals surface area contributed by atoms with Crippen LogP contribution in [0.2, 0.25) is 0 Å². The van der Waals surface area contributed by atoms with E-state index in [0.717, 1.165) is 6.67 Å². The van der Waals surface area contributed by atoms with Crippen LogP contribution < -0.4 is 0 Å². The number of rotatable bonds is 0. The Balaban J connectivity index is 2.54. The molecule has 0 aromatic heterocycles. The van der Waals surface area contributed by atoms with Crippen molar-refractivity contribution in [1.82, 2.24) is 9.80 Å². The molecule has 0 unspecified atom stereocenters. The second-order valence-corrected chi connectivity index (χ2v) is 4.32. The van der Waals surface area contributed by atoms with Crippen molar-refractivity contribution in [3.63, 3.8) is 0 Å². The molecule has 0 aromatic rings. The predicted octanol–water partition coefficient (Wildman–Crippen LogP) is 2.02. The second-order valence-electron chi connectivity index (χ2n) is 4.32. The molecule has 1 heterocycles. The highest BCUT2D eigenvalue weighted by molar-refractivity contribution is 5.48. The van der Waals surface area contributed by atoms with Crippen molar-refractivity contribution in [1.29, 1.82) is 0 Å². The maximum atomic E-state index is 2.34. The molecule has 0 bridgehead atoms. The van der Waals surface area contributed by atoms with Gasteiger partial charge in [-0.25, -0.2) is 0 Å². The van der Waals surface area contributed by atoms with E-state index in [1.165, 1.54) is 22.5 Å². The van der Waals surface area contributed by atoms with Crippen LogP contribution in [0.25, 0.3) is 0 Å². The van der Waals surface area contributed by atoms with Crippen LogP contribution in [0.5, 0.6) is 0 Å². The van der Waals surface area contributed by atoms with E-state index in [2.05, 4.69) is 44.7 Å². The number of likely N-dealkylation sites (N-methyl/N-ethyl adjacent to an activating group) is 2. The van der Waals surface area contributed by atoms with Crippen LogP contribution in [0.15, 0.2) is 22.5 Å². The Kier molecular flexibility index (Phi) is 1.69. The fraction of sp³-hybridized carbons (Fsp3) is 0.636. The highest BCUT2D eigenvalue weighted by atomic mass is 15.4. The summed E-state index contributed by atoms with van der Waals surface area (Å²) in [5.74, 6) is 0.634. The van der Waals surface area contributed by atoms with Gasteiger partial charge in [-0.1, -0.05) is 6.92 Å². The van der Waals surface area contributed by atoms with Gasteiger partial charge in [0.05, 0.1) is 18.1 Å². The Morgan fingerprint density at radius 2 is 1.38 bits per heavy atom. The van der Waals surface area contributed by atoms with Gasteiger partial charge in [0, 0.05) is 20.0 Å². The van der Waals surface area contributed by atoms with Crippen molar-refractivity contribution in [3.05, 3.63) is 22.5 Å². The molecule has 0 spiro atoms. The Bertz CT molecular complexity index is 282. The molecule has 0 atom stereocenters. The van der Waals surface area contributed by atoms with Crippen molar-refractivity contribution in [3.8, 4) is 0 Å². The minimum absolute atomic E-state index is 0.634. The van der Waals surface area contributed by atoms with E-state index in [9.17, 15) is 0 Å². The molecule has 2 rings (SSSR count). The lowest BCUT2D eigenvalue weighted by molar-refractivity contribution is 0.338. The standard InChI is InChI=1S/C11H18N2/c1-7-8(2)10-11(9(7)3)13(5)6-12(10)4/h7H,6H2,1-5H3. The summed E-state index contributed by atoms with van der Waals surface area (Å²) < 4.78 is 0. The van der Waals surface area contributed by atoms with Crippen molar-refractivity contribution in [2.45, 2.75) is 20.8 Å². The summed E-state index contributed by atoms with van der Waals surface area (Å²) in [6, 6.07) is 0. The number of nitrogens with zero attached hydrogens (tertiary/aromatic N) is 2. The van der Waals surface area contributed by atoms with Crippen molar-refractivity contribution in [2.24, 2.45) is 5.92 Å². The predicted molar refractivity (Wildman–Crippen MR) is 55.0 cm³/mol. The third-order valence-electron chi connectivity index (χ3n) is 3.46. The van der Waals surface area contributed by atoms with Gasteiger partial charge in [0.2, 0.25) is 0 Å². The van der Waals surface area contributed by atoms with Gasteiger partial charge in [0.1, 0.15) is 0 Å². The molecule has 1 fully saturated rings. The van der Waals surface area contributed by atoms with Crippen molar-refractivity contribution in [2.75, 3.05) is 20.8 Å². The Morgan fingerprint density at radius 1 is 1.00 bits per heavy atom. The lowest BCUT2D eigenvalue weighted by atomic mass is 10.0. The van der Waals surface area contributed by atoms with Crippen LogP contribution in [-0.4, -0.2) is 30.6 Å². The van der Waals surface area contributed by atoms with Gasteiger partial charge in [-0.2, -0.15) is 0 Å². The van der Waals surface area contributed by atoms with Crippen LogP contribution in [-0.2, 0) is 0 Å². The van der Waals surface area contributed by atoms with E-state index < -0.39 is 0 Å². The topological polar surface area (TPSA) is 6.48 Å². The van der Waals surface area contributed by atoms with E-state index in [-0.39, 0.29) is 0 Å². The normalized spacial score (nSPS) is 23.8. The monoisotopic (exact) mass is 178 g/mol. The third-order valence-corrected chi connectivity index (χ3v) is 3.46. The molecular formula is C11H18N2. The lowest BCUT2D eigenvalue weighted by Crippen LogP contribution is -2.19. The molecule has 1 aliphatic heterocycles. The van der Waals surface area contributed by atoms with Gasteiger partial charge >= 0.3 is 0 Å². The molecule has 2 aliphatic rings. The summed E-state index contributed by atoms with van der Waals surface area (Å²) in [6.45, 7) is 7.84. The first kappa shape index (κ1) is 8.67. The Hall–Kier alpha value is -0.920. The molecule has 2 heteroatoms. The van der Waals surface area contributed by atoms with E-state index in [1.807, 2.05) is 0 Å². The summed E-state index contributed by atoms with van der Waals surface area (Å²) in [6.07, 6.45) is 0. The summed E-state index contributed by atoms with van der Waals surface area (Å²) in [4.78, 5) is 4.69. The van der Waals surface area contributed by atoms with Gasteiger partial charge in [-0.3, -0.25) is 0 Å². The lowest BCUT2D eigenvalue weighted by Gasteiger charge is -2.16. The van der Waals surface area contributed by atoms with Gasteiger partial charge in [0.25, 0.3) is 0 Å². The van der Waals surface area contributed by atoms with E-state index >= 15 is 0 Å². The largest absolute Gasteiger partial charge is 0.355 e. The molecule has 0 aromatic carbocycles. The van der Waals surface area contributed by atoms with Crippen LogP contribution in [0, 0.1) is 5.92 Å². The van der Waals surface area contributed by atoms with Crippen LogP contribution in [0.1, 0.15) is 20.8 Å². The maximum absolute atomic E-state index is 2.34. The SMILES string of the molecule is CC1=C2C(=C(C)C1C)N(C)CN2C. The zero-order valence-corrected chi connectivity index (χ0v) is 9.18. The van der Waals surface area contributed by atoms with Gasteiger partial charge < -0.3 is 9.80 Å². The highest BCUT2D eigenvalue weighted by Crippen LogP contribution is 2.42. The molecular weight excluding hydrogens is 160 g/mol. The molecule has 72 valence electrons. The van der Waals surface area contributed by atoms with E-state index in [4.69, 9.17) is 0 Å². The summed E-state index contributed by atoms with van der Waals surface area (Å²) in [5, 5.41) is 0. The molecule has 0 saturated carbocycles. The minimum atomic E-state index is 0.634. The van der Waals surface area contributed by atoms with Crippen LogP contribution >= 0.6 is 0 Å². The van der Waals surface area contributed by atoms with Crippen molar-refractivity contribution >= 4 is 0 Å². The Morgan fingerprint density at radius 3 is 1.77 bits per heavy atom. The Labute approximate surface area is 80.5 Å². The zero-order valence-electron chi connectivity index (χ0n) is 9.18. The molecule has 1 aliphatic carbocycles. The quantitative estimate of drug-likeness (QED) is 0.560. The second kappa shape index (κ2) is 2.53. The maximum Gasteiger partial charge on any atom is 0.0898 e. The first-order valence-corrected chi connectivity index (χ1v) is 4.88. The smallest absolute Gasteiger partial charge is 0.0898 e.